The maximum absolute atomic E-state index is 12.2. The summed E-state index contributed by atoms with van der Waals surface area (Å²) in [4.78, 5) is 16.8. The Bertz CT molecular complexity index is 282. The number of carbonyl (C=O) groups excluding carboxylic acids is 1. The van der Waals surface area contributed by atoms with Crippen molar-refractivity contribution in [2.45, 2.75) is 57.0 Å². The highest BCUT2D eigenvalue weighted by Gasteiger charge is 2.35. The van der Waals surface area contributed by atoms with Crippen LogP contribution in [0.2, 0.25) is 0 Å². The Balaban J connectivity index is 1.77. The van der Waals surface area contributed by atoms with Gasteiger partial charge in [0.1, 0.15) is 0 Å². The number of carbonyl (C=O) groups is 1. The molecule has 0 aromatic carbocycles. The van der Waals surface area contributed by atoms with Gasteiger partial charge in [-0.3, -0.25) is 9.69 Å². The molecule has 4 heteroatoms. The van der Waals surface area contributed by atoms with Crippen molar-refractivity contribution in [2.75, 3.05) is 26.7 Å². The van der Waals surface area contributed by atoms with Gasteiger partial charge in [0.15, 0.2) is 0 Å². The first kappa shape index (κ1) is 13.8. The van der Waals surface area contributed by atoms with E-state index in [0.29, 0.717) is 24.4 Å². The van der Waals surface area contributed by atoms with Crippen LogP contribution in [0.3, 0.4) is 0 Å². The van der Waals surface area contributed by atoms with E-state index in [1.807, 2.05) is 0 Å². The van der Waals surface area contributed by atoms with Crippen molar-refractivity contribution in [1.29, 1.82) is 0 Å². The Morgan fingerprint density at radius 3 is 2.72 bits per heavy atom. The summed E-state index contributed by atoms with van der Waals surface area (Å²) in [5, 5.41) is 0. The summed E-state index contributed by atoms with van der Waals surface area (Å²) >= 11 is 0. The molecule has 18 heavy (non-hydrogen) atoms. The van der Waals surface area contributed by atoms with E-state index in [1.54, 1.807) is 0 Å². The van der Waals surface area contributed by atoms with Gasteiger partial charge in [-0.25, -0.2) is 0 Å². The van der Waals surface area contributed by atoms with Crippen LogP contribution in [0, 0.1) is 0 Å². The number of likely N-dealkylation sites (tertiary alicyclic amines) is 1. The second-order valence-corrected chi connectivity index (χ2v) is 5.78. The number of fused-ring (bicyclic) bond motifs is 2. The minimum atomic E-state index is 0.355. The molecule has 2 heterocycles. The fourth-order valence-corrected chi connectivity index (χ4v) is 3.29. The molecule has 2 fully saturated rings. The molecule has 4 nitrogen and oxygen atoms in total. The molecule has 2 rings (SSSR count). The van der Waals surface area contributed by atoms with Gasteiger partial charge in [-0.1, -0.05) is 6.42 Å². The first-order chi connectivity index (χ1) is 8.72. The van der Waals surface area contributed by atoms with Crippen LogP contribution in [-0.2, 0) is 4.79 Å². The number of rotatable bonds is 5. The molecule has 2 saturated heterocycles. The maximum Gasteiger partial charge on any atom is 0.222 e. The molecule has 0 aromatic heterocycles. The average Bonchev–Trinajstić information content (AvgIpc) is 2.59. The van der Waals surface area contributed by atoms with Gasteiger partial charge >= 0.3 is 0 Å². The van der Waals surface area contributed by atoms with Crippen LogP contribution in [0.1, 0.15) is 44.9 Å². The van der Waals surface area contributed by atoms with E-state index in [4.69, 9.17) is 5.73 Å². The average molecular weight is 253 g/mol. The molecule has 0 aromatic rings. The molecule has 2 unspecified atom stereocenters. The zero-order chi connectivity index (χ0) is 13.0. The highest BCUT2D eigenvalue weighted by Crippen LogP contribution is 2.28. The molecule has 104 valence electrons. The monoisotopic (exact) mass is 253 g/mol. The summed E-state index contributed by atoms with van der Waals surface area (Å²) in [5.74, 6) is 0.355. The summed E-state index contributed by atoms with van der Waals surface area (Å²) < 4.78 is 0. The number of unbranched alkanes of at least 4 members (excludes halogenated alkanes) is 2. The number of likely N-dealkylation sites (N-methyl/N-ethyl adjacent to an activating group) is 1. The number of nitrogens with two attached hydrogens (primary N) is 1. The van der Waals surface area contributed by atoms with E-state index in [2.05, 4.69) is 16.8 Å². The lowest BCUT2D eigenvalue weighted by atomic mass is 10.1. The summed E-state index contributed by atoms with van der Waals surface area (Å²) in [5.41, 5.74) is 5.46. The van der Waals surface area contributed by atoms with E-state index < -0.39 is 0 Å². The van der Waals surface area contributed by atoms with Crippen LogP contribution in [-0.4, -0.2) is 54.5 Å². The Morgan fingerprint density at radius 2 is 1.94 bits per heavy atom. The molecular formula is C14H27N3O. The maximum atomic E-state index is 12.2. The number of nitrogens with zero attached hydrogens (tertiary/aromatic N) is 2. The van der Waals surface area contributed by atoms with E-state index in [9.17, 15) is 4.79 Å². The first-order valence-electron chi connectivity index (χ1n) is 7.42. The second-order valence-electron chi connectivity index (χ2n) is 5.78. The molecule has 2 N–H and O–H groups in total. The lowest BCUT2D eigenvalue weighted by molar-refractivity contribution is -0.131. The van der Waals surface area contributed by atoms with Crippen molar-refractivity contribution in [1.82, 2.24) is 9.80 Å². The van der Waals surface area contributed by atoms with Crippen LogP contribution < -0.4 is 5.73 Å². The van der Waals surface area contributed by atoms with Crippen LogP contribution in [0.15, 0.2) is 0 Å². The highest BCUT2D eigenvalue weighted by molar-refractivity contribution is 5.76. The zero-order valence-electron chi connectivity index (χ0n) is 11.6. The van der Waals surface area contributed by atoms with Crippen molar-refractivity contribution in [3.05, 3.63) is 0 Å². The number of hydrogen-bond acceptors (Lipinski definition) is 3. The number of hydrogen-bond donors (Lipinski definition) is 1. The van der Waals surface area contributed by atoms with E-state index in [-0.39, 0.29) is 0 Å². The van der Waals surface area contributed by atoms with Gasteiger partial charge in [-0.15, -0.1) is 0 Å². The standard InChI is InChI=1S/C14H27N3O/c1-16-12-6-7-13(16)11-17(10-8-12)14(18)5-3-2-4-9-15/h12-13H,2-11,15H2,1H3. The van der Waals surface area contributed by atoms with Crippen molar-refractivity contribution in [3.8, 4) is 0 Å². The lowest BCUT2D eigenvalue weighted by Crippen LogP contribution is -2.39. The highest BCUT2D eigenvalue weighted by atomic mass is 16.2. The van der Waals surface area contributed by atoms with E-state index in [1.165, 1.54) is 12.8 Å². The van der Waals surface area contributed by atoms with Gasteiger partial charge < -0.3 is 10.6 Å². The molecule has 2 aliphatic rings. The van der Waals surface area contributed by atoms with Crippen molar-refractivity contribution in [2.24, 2.45) is 5.73 Å². The third kappa shape index (κ3) is 3.23. The predicted octanol–water partition coefficient (Wildman–Crippen LogP) is 1.20. The van der Waals surface area contributed by atoms with E-state index in [0.717, 1.165) is 45.3 Å². The number of amides is 1. The van der Waals surface area contributed by atoms with Crippen molar-refractivity contribution < 1.29 is 4.79 Å². The van der Waals surface area contributed by atoms with Crippen molar-refractivity contribution in [3.63, 3.8) is 0 Å². The lowest BCUT2D eigenvalue weighted by Gasteiger charge is -2.25. The van der Waals surface area contributed by atoms with Gasteiger partial charge in [-0.2, -0.15) is 0 Å². The smallest absolute Gasteiger partial charge is 0.222 e. The third-order valence-corrected chi connectivity index (χ3v) is 4.60. The summed E-state index contributed by atoms with van der Waals surface area (Å²) in [6, 6.07) is 1.32. The summed E-state index contributed by atoms with van der Waals surface area (Å²) in [6.07, 6.45) is 7.57. The van der Waals surface area contributed by atoms with E-state index >= 15 is 0 Å². The fourth-order valence-electron chi connectivity index (χ4n) is 3.29. The Hall–Kier alpha value is -0.610. The predicted molar refractivity (Wildman–Crippen MR) is 73.3 cm³/mol. The third-order valence-electron chi connectivity index (χ3n) is 4.60. The van der Waals surface area contributed by atoms with Crippen LogP contribution in [0.4, 0.5) is 0 Å². The zero-order valence-corrected chi connectivity index (χ0v) is 11.6. The van der Waals surface area contributed by atoms with Crippen LogP contribution >= 0.6 is 0 Å². The molecule has 2 aliphatic heterocycles. The molecular weight excluding hydrogens is 226 g/mol. The largest absolute Gasteiger partial charge is 0.341 e. The fraction of sp³-hybridized carbons (Fsp3) is 0.929. The first-order valence-corrected chi connectivity index (χ1v) is 7.42. The normalized spacial score (nSPS) is 28.4. The second kappa shape index (κ2) is 6.53. The topological polar surface area (TPSA) is 49.6 Å². The summed E-state index contributed by atoms with van der Waals surface area (Å²) in [7, 11) is 2.22. The van der Waals surface area contributed by atoms with Gasteiger partial charge in [0.25, 0.3) is 0 Å². The molecule has 0 aliphatic carbocycles. The van der Waals surface area contributed by atoms with Crippen LogP contribution in [0.5, 0.6) is 0 Å². The van der Waals surface area contributed by atoms with Gasteiger partial charge in [0, 0.05) is 31.6 Å². The van der Waals surface area contributed by atoms with Gasteiger partial charge in [-0.05, 0) is 45.7 Å². The minimum Gasteiger partial charge on any atom is -0.341 e. The molecule has 1 amide bonds. The quantitative estimate of drug-likeness (QED) is 0.749. The van der Waals surface area contributed by atoms with Gasteiger partial charge in [0.05, 0.1) is 0 Å². The SMILES string of the molecule is CN1C2CCC1CN(C(=O)CCCCCN)CC2. The molecule has 2 atom stereocenters. The molecule has 0 radical (unpaired) electrons. The molecule has 0 saturated carbocycles. The Kier molecular flexibility index (Phi) is 5.01. The van der Waals surface area contributed by atoms with Crippen molar-refractivity contribution >= 4 is 5.91 Å². The van der Waals surface area contributed by atoms with Gasteiger partial charge in [0.2, 0.25) is 5.91 Å². The Labute approximate surface area is 110 Å². The minimum absolute atomic E-state index is 0.355. The summed E-state index contributed by atoms with van der Waals surface area (Å²) in [6.45, 7) is 2.65. The Morgan fingerprint density at radius 1 is 1.17 bits per heavy atom. The molecule has 2 bridgehead atoms. The molecule has 0 spiro atoms. The van der Waals surface area contributed by atoms with Crippen LogP contribution in [0.25, 0.3) is 0 Å².